The fourth-order valence-corrected chi connectivity index (χ4v) is 6.92. The van der Waals surface area contributed by atoms with E-state index in [9.17, 15) is 0 Å². The van der Waals surface area contributed by atoms with Gasteiger partial charge in [0.1, 0.15) is 7.05 Å². The molecule has 0 atom stereocenters. The zero-order valence-corrected chi connectivity index (χ0v) is 20.4. The molecule has 4 aromatic carbocycles. The van der Waals surface area contributed by atoms with Crippen LogP contribution in [0.15, 0.2) is 70.6 Å². The Bertz CT molecular complexity index is 1600. The molecular weight excluding hydrogens is 406 g/mol. The number of pyridine rings is 1. The van der Waals surface area contributed by atoms with Crippen molar-refractivity contribution in [2.75, 3.05) is 0 Å². The van der Waals surface area contributed by atoms with E-state index in [0.717, 1.165) is 0 Å². The number of fused-ring (bicyclic) bond motifs is 5. The molecular formula is C30H28NS+. The molecule has 0 aliphatic carbocycles. The topological polar surface area (TPSA) is 3.88 Å². The molecule has 6 rings (SSSR count). The predicted octanol–water partition coefficient (Wildman–Crippen LogP) is 8.02. The van der Waals surface area contributed by atoms with Gasteiger partial charge < -0.3 is 0 Å². The lowest BCUT2D eigenvalue weighted by molar-refractivity contribution is -0.659. The quantitative estimate of drug-likeness (QED) is 0.173. The summed E-state index contributed by atoms with van der Waals surface area (Å²) in [7, 11) is 2.20. The molecule has 1 nitrogen and oxygen atoms in total. The molecule has 1 aliphatic rings. The first-order valence-electron chi connectivity index (χ1n) is 11.4. The lowest BCUT2D eigenvalue weighted by Crippen LogP contribution is -2.32. The van der Waals surface area contributed by atoms with Crippen LogP contribution < -0.4 is 4.57 Å². The van der Waals surface area contributed by atoms with Gasteiger partial charge in [-0.1, -0.05) is 75.0 Å². The number of hydrogen-bond donors (Lipinski definition) is 0. The first-order chi connectivity index (χ1) is 15.3. The summed E-state index contributed by atoms with van der Waals surface area (Å²) in [5.41, 5.74) is 7.03. The number of rotatable bonds is 0. The summed E-state index contributed by atoms with van der Waals surface area (Å²) in [6.45, 7) is 11.5. The smallest absolute Gasteiger partial charge is 0.200 e. The van der Waals surface area contributed by atoms with Crippen LogP contribution in [-0.4, -0.2) is 0 Å². The van der Waals surface area contributed by atoms with Crippen molar-refractivity contribution in [2.45, 2.75) is 49.8 Å². The first-order valence-corrected chi connectivity index (χ1v) is 12.2. The minimum atomic E-state index is 0.0873. The number of aryl methyl sites for hydroxylation is 3. The second kappa shape index (κ2) is 6.59. The average Bonchev–Trinajstić information content (AvgIpc) is 2.77. The van der Waals surface area contributed by atoms with Crippen molar-refractivity contribution < 1.29 is 4.57 Å². The number of benzene rings is 4. The Kier molecular flexibility index (Phi) is 4.08. The van der Waals surface area contributed by atoms with E-state index >= 15 is 0 Å². The Balaban J connectivity index is 1.85. The maximum absolute atomic E-state index is 2.42. The zero-order valence-electron chi connectivity index (χ0n) is 19.6. The van der Waals surface area contributed by atoms with Gasteiger partial charge in [0.05, 0.1) is 10.9 Å². The molecule has 0 unspecified atom stereocenters. The standard InChI is InChI=1S/C30H28NS/c1-17-20-11-7-8-12-21(20)18(2)29-25(17)28-27-22(14-15-31(28)6)26-19(16-24(27)32-29)10-9-13-23(26)30(3,4)5/h7-16H,1-6H3/q+1. The van der Waals surface area contributed by atoms with Gasteiger partial charge in [-0.25, -0.2) is 4.57 Å². The van der Waals surface area contributed by atoms with E-state index in [1.54, 1.807) is 0 Å². The summed E-state index contributed by atoms with van der Waals surface area (Å²) in [4.78, 5) is 2.78. The van der Waals surface area contributed by atoms with Crippen molar-refractivity contribution in [3.05, 3.63) is 77.5 Å². The third-order valence-corrected chi connectivity index (χ3v) is 8.41. The van der Waals surface area contributed by atoms with Crippen molar-refractivity contribution in [1.82, 2.24) is 0 Å². The average molecular weight is 435 g/mol. The summed E-state index contributed by atoms with van der Waals surface area (Å²) in [6, 6.07) is 20.4. The molecule has 2 heteroatoms. The second-order valence-corrected chi connectivity index (χ2v) is 11.2. The number of nitrogens with zero attached hydrogens (tertiary/aromatic N) is 1. The van der Waals surface area contributed by atoms with E-state index in [-0.39, 0.29) is 5.41 Å². The molecule has 158 valence electrons. The van der Waals surface area contributed by atoms with Crippen LogP contribution in [0.4, 0.5) is 0 Å². The highest BCUT2D eigenvalue weighted by atomic mass is 32.2. The predicted molar refractivity (Wildman–Crippen MR) is 138 cm³/mol. The first kappa shape index (κ1) is 19.8. The summed E-state index contributed by atoms with van der Waals surface area (Å²) in [5, 5.41) is 8.24. The molecule has 0 amide bonds. The van der Waals surface area contributed by atoms with Gasteiger partial charge in [0.25, 0.3) is 0 Å². The van der Waals surface area contributed by atoms with E-state index in [1.807, 2.05) is 11.8 Å². The van der Waals surface area contributed by atoms with Crippen LogP contribution in [-0.2, 0) is 12.5 Å². The Morgan fingerprint density at radius 3 is 2.22 bits per heavy atom. The van der Waals surface area contributed by atoms with Gasteiger partial charge in [0.2, 0.25) is 5.69 Å². The van der Waals surface area contributed by atoms with Crippen molar-refractivity contribution in [1.29, 1.82) is 0 Å². The molecule has 2 heterocycles. The van der Waals surface area contributed by atoms with Crippen LogP contribution in [0.1, 0.15) is 37.5 Å². The van der Waals surface area contributed by atoms with Gasteiger partial charge >= 0.3 is 0 Å². The van der Waals surface area contributed by atoms with Crippen molar-refractivity contribution in [3.8, 4) is 11.3 Å². The van der Waals surface area contributed by atoms with Crippen molar-refractivity contribution in [2.24, 2.45) is 7.05 Å². The van der Waals surface area contributed by atoms with Gasteiger partial charge in [0.15, 0.2) is 6.20 Å². The maximum Gasteiger partial charge on any atom is 0.222 e. The molecule has 1 aromatic heterocycles. The molecule has 0 radical (unpaired) electrons. The third kappa shape index (κ3) is 2.56. The van der Waals surface area contributed by atoms with E-state index in [1.165, 1.54) is 70.1 Å². The monoisotopic (exact) mass is 434 g/mol. The van der Waals surface area contributed by atoms with Crippen LogP contribution in [0.25, 0.3) is 43.6 Å². The van der Waals surface area contributed by atoms with E-state index < -0.39 is 0 Å². The fourth-order valence-electron chi connectivity index (χ4n) is 5.59. The molecule has 0 spiro atoms. The van der Waals surface area contributed by atoms with E-state index in [2.05, 4.69) is 107 Å². The largest absolute Gasteiger partial charge is 0.222 e. The normalized spacial score (nSPS) is 13.2. The zero-order chi connectivity index (χ0) is 22.4. The summed E-state index contributed by atoms with van der Waals surface area (Å²) >= 11 is 1.95. The Morgan fingerprint density at radius 2 is 1.50 bits per heavy atom. The molecule has 0 fully saturated rings. The van der Waals surface area contributed by atoms with Crippen LogP contribution in [0, 0.1) is 13.8 Å². The minimum absolute atomic E-state index is 0.0873. The number of aromatic nitrogens is 1. The second-order valence-electron chi connectivity index (χ2n) is 10.2. The Hall–Kier alpha value is -2.84. The highest BCUT2D eigenvalue weighted by Gasteiger charge is 2.32. The molecule has 5 aromatic rings. The summed E-state index contributed by atoms with van der Waals surface area (Å²) in [6.07, 6.45) is 2.25. The van der Waals surface area contributed by atoms with Gasteiger partial charge in [-0.2, -0.15) is 0 Å². The van der Waals surface area contributed by atoms with Crippen LogP contribution in [0.2, 0.25) is 0 Å². The van der Waals surface area contributed by atoms with Crippen LogP contribution in [0.3, 0.4) is 0 Å². The lowest BCUT2D eigenvalue weighted by atomic mass is 9.82. The van der Waals surface area contributed by atoms with Gasteiger partial charge in [0, 0.05) is 21.2 Å². The maximum atomic E-state index is 2.42. The molecule has 0 saturated carbocycles. The Morgan fingerprint density at radius 1 is 0.781 bits per heavy atom. The number of hydrogen-bond acceptors (Lipinski definition) is 1. The SMILES string of the molecule is Cc1c2c(c(C)c3ccccc13)-c1c3c(cc4cccc(C(C)(C)C)c4c3cc[n+]1C)S2. The van der Waals surface area contributed by atoms with Crippen LogP contribution in [0.5, 0.6) is 0 Å². The highest BCUT2D eigenvalue weighted by molar-refractivity contribution is 8.00. The lowest BCUT2D eigenvalue weighted by Gasteiger charge is -2.26. The fraction of sp³-hybridized carbons (Fsp3) is 0.233. The molecule has 0 N–H and O–H groups in total. The van der Waals surface area contributed by atoms with Crippen LogP contribution >= 0.6 is 11.8 Å². The summed E-state index contributed by atoms with van der Waals surface area (Å²) in [5.74, 6) is 0. The molecule has 1 aliphatic heterocycles. The third-order valence-electron chi connectivity index (χ3n) is 7.16. The summed E-state index contributed by atoms with van der Waals surface area (Å²) < 4.78 is 2.33. The highest BCUT2D eigenvalue weighted by Crippen LogP contribution is 2.53. The molecule has 0 saturated heterocycles. The van der Waals surface area contributed by atoms with Gasteiger partial charge in [-0.15, -0.1) is 0 Å². The van der Waals surface area contributed by atoms with Crippen molar-refractivity contribution in [3.63, 3.8) is 0 Å². The van der Waals surface area contributed by atoms with Gasteiger partial charge in [-0.05, 0) is 63.6 Å². The van der Waals surface area contributed by atoms with Gasteiger partial charge in [-0.3, -0.25) is 0 Å². The molecule has 32 heavy (non-hydrogen) atoms. The minimum Gasteiger partial charge on any atom is -0.200 e. The van der Waals surface area contributed by atoms with Crippen molar-refractivity contribution >= 4 is 44.1 Å². The van der Waals surface area contributed by atoms with E-state index in [0.29, 0.717) is 0 Å². The molecule has 0 bridgehead atoms. The van der Waals surface area contributed by atoms with E-state index in [4.69, 9.17) is 0 Å². The Labute approximate surface area is 194 Å².